The van der Waals surface area contributed by atoms with E-state index in [1.807, 2.05) is 0 Å². The number of carbonyl (C=O) groups excluding carboxylic acids is 2. The summed E-state index contributed by atoms with van der Waals surface area (Å²) >= 11 is 5.87. The molecule has 0 unspecified atom stereocenters. The summed E-state index contributed by atoms with van der Waals surface area (Å²) in [6.07, 6.45) is 0. The minimum Gasteiger partial charge on any atom is -0.452 e. The standard InChI is InChI=1S/C17H15ClN2O5/c1-10-6-7-12(18)8-14(10)19-16(21)9-25-17(22)13-4-3-5-15(11(13)2)20(23)24/h3-8H,9H2,1-2H3,(H,19,21). The van der Waals surface area contributed by atoms with E-state index in [1.54, 1.807) is 25.1 Å². The number of halogens is 1. The maximum absolute atomic E-state index is 12.1. The second kappa shape index (κ2) is 7.76. The Morgan fingerprint density at radius 1 is 1.24 bits per heavy atom. The number of hydrogen-bond acceptors (Lipinski definition) is 5. The van der Waals surface area contributed by atoms with Crippen LogP contribution in [0.2, 0.25) is 5.02 Å². The highest BCUT2D eigenvalue weighted by Gasteiger charge is 2.19. The van der Waals surface area contributed by atoms with Crippen molar-refractivity contribution in [1.82, 2.24) is 0 Å². The van der Waals surface area contributed by atoms with Crippen molar-refractivity contribution in [2.45, 2.75) is 13.8 Å². The van der Waals surface area contributed by atoms with Crippen molar-refractivity contribution >= 4 is 34.9 Å². The molecule has 130 valence electrons. The van der Waals surface area contributed by atoms with Crippen LogP contribution in [0, 0.1) is 24.0 Å². The van der Waals surface area contributed by atoms with Crippen LogP contribution in [-0.4, -0.2) is 23.4 Å². The fourth-order valence-corrected chi connectivity index (χ4v) is 2.34. The fourth-order valence-electron chi connectivity index (χ4n) is 2.17. The van der Waals surface area contributed by atoms with E-state index in [1.165, 1.54) is 25.1 Å². The molecule has 0 atom stereocenters. The van der Waals surface area contributed by atoms with E-state index in [4.69, 9.17) is 16.3 Å². The third-order valence-electron chi connectivity index (χ3n) is 3.53. The van der Waals surface area contributed by atoms with Gasteiger partial charge in [0.2, 0.25) is 0 Å². The number of rotatable bonds is 5. The number of nitrogens with zero attached hydrogens (tertiary/aromatic N) is 1. The van der Waals surface area contributed by atoms with Crippen molar-refractivity contribution in [1.29, 1.82) is 0 Å². The van der Waals surface area contributed by atoms with Crippen LogP contribution in [0.5, 0.6) is 0 Å². The first-order valence-electron chi connectivity index (χ1n) is 7.26. The van der Waals surface area contributed by atoms with E-state index in [0.29, 0.717) is 10.7 Å². The second-order valence-electron chi connectivity index (χ2n) is 5.29. The maximum Gasteiger partial charge on any atom is 0.339 e. The molecule has 2 aromatic carbocycles. The molecule has 0 radical (unpaired) electrons. The molecule has 7 nitrogen and oxygen atoms in total. The molecule has 8 heteroatoms. The quantitative estimate of drug-likeness (QED) is 0.497. The molecule has 0 spiro atoms. The molecule has 0 saturated heterocycles. The number of ether oxygens (including phenoxy) is 1. The number of benzene rings is 2. The van der Waals surface area contributed by atoms with Crippen LogP contribution in [0.4, 0.5) is 11.4 Å². The summed E-state index contributed by atoms with van der Waals surface area (Å²) in [7, 11) is 0. The van der Waals surface area contributed by atoms with Gasteiger partial charge >= 0.3 is 5.97 Å². The Labute approximate surface area is 148 Å². The zero-order valence-electron chi connectivity index (χ0n) is 13.5. The molecule has 0 aliphatic rings. The van der Waals surface area contributed by atoms with Gasteiger partial charge in [-0.1, -0.05) is 23.7 Å². The molecule has 1 N–H and O–H groups in total. The lowest BCUT2D eigenvalue weighted by molar-refractivity contribution is -0.385. The highest BCUT2D eigenvalue weighted by Crippen LogP contribution is 2.22. The molecular formula is C17H15ClN2O5. The first-order valence-corrected chi connectivity index (χ1v) is 7.64. The van der Waals surface area contributed by atoms with Gasteiger partial charge in [0.15, 0.2) is 6.61 Å². The summed E-state index contributed by atoms with van der Waals surface area (Å²) in [5, 5.41) is 14.0. The summed E-state index contributed by atoms with van der Waals surface area (Å²) in [5.41, 5.74) is 1.36. The zero-order valence-corrected chi connectivity index (χ0v) is 14.3. The van der Waals surface area contributed by atoms with E-state index in [-0.39, 0.29) is 16.8 Å². The van der Waals surface area contributed by atoms with E-state index in [2.05, 4.69) is 5.32 Å². The van der Waals surface area contributed by atoms with Crippen molar-refractivity contribution < 1.29 is 19.2 Å². The number of nitrogens with one attached hydrogen (secondary N) is 1. The molecule has 2 aromatic rings. The normalized spacial score (nSPS) is 10.2. The van der Waals surface area contributed by atoms with E-state index in [9.17, 15) is 19.7 Å². The van der Waals surface area contributed by atoms with Crippen molar-refractivity contribution in [3.05, 3.63) is 68.2 Å². The van der Waals surface area contributed by atoms with E-state index in [0.717, 1.165) is 5.56 Å². The number of carbonyl (C=O) groups is 2. The van der Waals surface area contributed by atoms with Crippen LogP contribution in [0.3, 0.4) is 0 Å². The van der Waals surface area contributed by atoms with Crippen LogP contribution < -0.4 is 5.32 Å². The largest absolute Gasteiger partial charge is 0.452 e. The molecule has 1 amide bonds. The van der Waals surface area contributed by atoms with E-state index < -0.39 is 23.4 Å². The van der Waals surface area contributed by atoms with Gasteiger partial charge < -0.3 is 10.1 Å². The van der Waals surface area contributed by atoms with Crippen LogP contribution >= 0.6 is 11.6 Å². The molecule has 0 heterocycles. The lowest BCUT2D eigenvalue weighted by atomic mass is 10.1. The predicted molar refractivity (Wildman–Crippen MR) is 92.9 cm³/mol. The number of hydrogen-bond donors (Lipinski definition) is 1. The number of esters is 1. The molecule has 0 aliphatic carbocycles. The summed E-state index contributed by atoms with van der Waals surface area (Å²) in [4.78, 5) is 34.3. The zero-order chi connectivity index (χ0) is 18.6. The smallest absolute Gasteiger partial charge is 0.339 e. The molecule has 0 aliphatic heterocycles. The predicted octanol–water partition coefficient (Wildman–Crippen LogP) is 3.66. The monoisotopic (exact) mass is 362 g/mol. The number of nitro groups is 1. The van der Waals surface area contributed by atoms with Gasteiger partial charge in [-0.05, 0) is 37.6 Å². The number of amides is 1. The molecule has 0 fully saturated rings. The summed E-state index contributed by atoms with van der Waals surface area (Å²) in [6, 6.07) is 9.11. The average Bonchev–Trinajstić information content (AvgIpc) is 2.56. The van der Waals surface area contributed by atoms with Gasteiger partial charge in [0, 0.05) is 22.3 Å². The van der Waals surface area contributed by atoms with Crippen molar-refractivity contribution in [3.8, 4) is 0 Å². The Morgan fingerprint density at radius 2 is 1.96 bits per heavy atom. The minimum atomic E-state index is -0.806. The lowest BCUT2D eigenvalue weighted by Gasteiger charge is -2.10. The van der Waals surface area contributed by atoms with Crippen LogP contribution in [0.25, 0.3) is 0 Å². The molecule has 0 saturated carbocycles. The Bertz CT molecular complexity index is 851. The van der Waals surface area contributed by atoms with Crippen molar-refractivity contribution in [2.75, 3.05) is 11.9 Å². The fraction of sp³-hybridized carbons (Fsp3) is 0.176. The number of nitro benzene ring substituents is 1. The highest BCUT2D eigenvalue weighted by molar-refractivity contribution is 6.31. The summed E-state index contributed by atoms with van der Waals surface area (Å²) in [5.74, 6) is -1.35. The van der Waals surface area contributed by atoms with Gasteiger partial charge in [-0.25, -0.2) is 4.79 Å². The Morgan fingerprint density at radius 3 is 2.64 bits per heavy atom. The molecule has 0 bridgehead atoms. The SMILES string of the molecule is Cc1ccc(Cl)cc1NC(=O)COC(=O)c1cccc([N+](=O)[O-])c1C. The first kappa shape index (κ1) is 18.4. The molecular weight excluding hydrogens is 348 g/mol. The van der Waals surface area contributed by atoms with Crippen LogP contribution in [0.1, 0.15) is 21.5 Å². The van der Waals surface area contributed by atoms with Crippen LogP contribution in [-0.2, 0) is 9.53 Å². The Balaban J connectivity index is 2.03. The minimum absolute atomic E-state index is 0.0425. The number of anilines is 1. The topological polar surface area (TPSA) is 98.5 Å². The lowest BCUT2D eigenvalue weighted by Crippen LogP contribution is -2.21. The first-order chi connectivity index (χ1) is 11.8. The van der Waals surface area contributed by atoms with Crippen molar-refractivity contribution in [2.24, 2.45) is 0 Å². The van der Waals surface area contributed by atoms with Crippen LogP contribution in [0.15, 0.2) is 36.4 Å². The second-order valence-corrected chi connectivity index (χ2v) is 5.73. The van der Waals surface area contributed by atoms with Gasteiger partial charge in [-0.3, -0.25) is 14.9 Å². The summed E-state index contributed by atoms with van der Waals surface area (Å²) in [6.45, 7) is 2.72. The maximum atomic E-state index is 12.1. The van der Waals surface area contributed by atoms with Gasteiger partial charge in [0.25, 0.3) is 11.6 Å². The highest BCUT2D eigenvalue weighted by atomic mass is 35.5. The molecule has 0 aromatic heterocycles. The Hall–Kier alpha value is -2.93. The number of aryl methyl sites for hydroxylation is 1. The third-order valence-corrected chi connectivity index (χ3v) is 3.76. The van der Waals surface area contributed by atoms with Gasteiger partial charge in [-0.2, -0.15) is 0 Å². The Kier molecular flexibility index (Phi) is 5.71. The third kappa shape index (κ3) is 4.54. The average molecular weight is 363 g/mol. The van der Waals surface area contributed by atoms with Gasteiger partial charge in [-0.15, -0.1) is 0 Å². The van der Waals surface area contributed by atoms with Gasteiger partial charge in [0.05, 0.1) is 10.5 Å². The van der Waals surface area contributed by atoms with Gasteiger partial charge in [0.1, 0.15) is 0 Å². The van der Waals surface area contributed by atoms with Crippen molar-refractivity contribution in [3.63, 3.8) is 0 Å². The summed E-state index contributed by atoms with van der Waals surface area (Å²) < 4.78 is 4.94. The van der Waals surface area contributed by atoms with E-state index >= 15 is 0 Å². The molecule has 25 heavy (non-hydrogen) atoms. The molecule has 2 rings (SSSR count).